The first-order valence-electron chi connectivity index (χ1n) is 7.27. The number of allylic oxidation sites excluding steroid dienone is 4. The van der Waals surface area contributed by atoms with Gasteiger partial charge in [0.1, 0.15) is 12.2 Å². The molecule has 1 aliphatic rings. The van der Waals surface area contributed by atoms with Gasteiger partial charge in [-0.25, -0.2) is 19.6 Å². The van der Waals surface area contributed by atoms with Crippen LogP contribution in [0.5, 0.6) is 0 Å². The first-order valence-corrected chi connectivity index (χ1v) is 8.16. The van der Waals surface area contributed by atoms with Crippen LogP contribution in [0.1, 0.15) is 0 Å². The molecule has 4 nitrogen and oxygen atoms in total. The van der Waals surface area contributed by atoms with E-state index in [1.54, 1.807) is 24.3 Å². The first-order chi connectivity index (χ1) is 11.5. The van der Waals surface area contributed by atoms with Gasteiger partial charge in [-0.1, -0.05) is 50.6 Å². The van der Waals surface area contributed by atoms with Gasteiger partial charge in [-0.2, -0.15) is 0 Å². The molecule has 0 N–H and O–H groups in total. The summed E-state index contributed by atoms with van der Waals surface area (Å²) in [4.78, 5) is 22.2. The van der Waals surface area contributed by atoms with Crippen molar-refractivity contribution < 1.29 is 19.6 Å². The largest absolute Gasteiger partial charge is 0.240 e. The molecular formula is C18H24O4S2. The van der Waals surface area contributed by atoms with E-state index < -0.39 is 0 Å². The highest BCUT2D eigenvalue weighted by Crippen LogP contribution is 2.50. The van der Waals surface area contributed by atoms with Gasteiger partial charge in [0, 0.05) is 21.6 Å². The van der Waals surface area contributed by atoms with E-state index in [1.807, 2.05) is 0 Å². The van der Waals surface area contributed by atoms with Crippen molar-refractivity contribution in [1.29, 1.82) is 0 Å². The van der Waals surface area contributed by atoms with Crippen molar-refractivity contribution in [2.75, 3.05) is 14.2 Å². The number of hydrogen-bond donors (Lipinski definition) is 2. The summed E-state index contributed by atoms with van der Waals surface area (Å²) in [6.45, 7) is 15.2. The average Bonchev–Trinajstić information content (AvgIpc) is 2.60. The second kappa shape index (κ2) is 10.1. The maximum atomic E-state index is 5.50. The summed E-state index contributed by atoms with van der Waals surface area (Å²) in [5, 5.41) is 0. The van der Waals surface area contributed by atoms with Gasteiger partial charge in [-0.05, 0) is 11.1 Å². The van der Waals surface area contributed by atoms with Crippen LogP contribution in [0.2, 0.25) is 0 Å². The molecule has 132 valence electrons. The Bertz CT molecular complexity index is 507. The first kappa shape index (κ1) is 21.0. The van der Waals surface area contributed by atoms with E-state index in [1.165, 1.54) is 14.2 Å². The summed E-state index contributed by atoms with van der Waals surface area (Å²) >= 11 is 8.89. The predicted molar refractivity (Wildman–Crippen MR) is 104 cm³/mol. The topological polar surface area (TPSA) is 36.9 Å². The van der Waals surface area contributed by atoms with Crippen molar-refractivity contribution >= 4 is 25.3 Å². The third-order valence-corrected chi connectivity index (χ3v) is 4.85. The minimum absolute atomic E-state index is 0.209. The molecule has 0 aromatic heterocycles. The molecular weight excluding hydrogens is 344 g/mol. The van der Waals surface area contributed by atoms with Gasteiger partial charge in [0.2, 0.25) is 0 Å². The summed E-state index contributed by atoms with van der Waals surface area (Å²) < 4.78 is 0. The Hall–Kier alpha value is -1.02. The second-order valence-electron chi connectivity index (χ2n) is 5.00. The highest BCUT2D eigenvalue weighted by atomic mass is 32.1. The number of rotatable bonds is 10. The molecule has 0 unspecified atom stereocenters. The van der Waals surface area contributed by atoms with Crippen molar-refractivity contribution in [2.24, 2.45) is 11.8 Å². The van der Waals surface area contributed by atoms with Gasteiger partial charge in [0.15, 0.2) is 0 Å². The second-order valence-corrected chi connectivity index (χ2v) is 5.97. The van der Waals surface area contributed by atoms with Gasteiger partial charge < -0.3 is 0 Å². The van der Waals surface area contributed by atoms with Crippen LogP contribution in [0.25, 0.3) is 0 Å². The SMILES string of the molecule is C=C/C(S)=C(\C=C)C1C(OOC)C(/C(C=C)=C(\S)C=C)C1OOC. The lowest BCUT2D eigenvalue weighted by Crippen LogP contribution is -2.59. The van der Waals surface area contributed by atoms with Gasteiger partial charge in [-0.3, -0.25) is 0 Å². The maximum absolute atomic E-state index is 5.50. The molecule has 1 rings (SSSR count). The molecule has 1 fully saturated rings. The Labute approximate surface area is 154 Å². The summed E-state index contributed by atoms with van der Waals surface area (Å²) in [5.41, 5.74) is 1.66. The molecule has 0 amide bonds. The van der Waals surface area contributed by atoms with E-state index in [4.69, 9.17) is 19.6 Å². The van der Waals surface area contributed by atoms with Crippen LogP contribution in [-0.4, -0.2) is 26.4 Å². The van der Waals surface area contributed by atoms with Crippen molar-refractivity contribution in [1.82, 2.24) is 0 Å². The van der Waals surface area contributed by atoms with Crippen molar-refractivity contribution in [2.45, 2.75) is 12.2 Å². The minimum atomic E-state index is -0.361. The van der Waals surface area contributed by atoms with Gasteiger partial charge in [-0.15, -0.1) is 25.3 Å². The third-order valence-electron chi connectivity index (χ3n) is 3.97. The van der Waals surface area contributed by atoms with E-state index >= 15 is 0 Å². The molecule has 1 aliphatic carbocycles. The standard InChI is InChI=1S/C18H24O4S2/c1-7-11(13(23)9-3)15-17(21-19-5)16(18(15)22-20-6)12(8-2)14(24)10-4/h7-10,15-18,23-24H,1-4H2,5-6H3/b13-11-,14-12-. The fourth-order valence-electron chi connectivity index (χ4n) is 2.90. The lowest BCUT2D eigenvalue weighted by Gasteiger charge is -2.50. The number of hydrogen-bond acceptors (Lipinski definition) is 6. The van der Waals surface area contributed by atoms with Crippen LogP contribution in [0.4, 0.5) is 0 Å². The van der Waals surface area contributed by atoms with E-state index in [9.17, 15) is 0 Å². The molecule has 0 aliphatic heterocycles. The molecule has 0 bridgehead atoms. The molecule has 0 spiro atoms. The molecule has 1 saturated carbocycles. The fourth-order valence-corrected chi connectivity index (χ4v) is 3.38. The Morgan fingerprint density at radius 3 is 1.25 bits per heavy atom. The Morgan fingerprint density at radius 2 is 1.04 bits per heavy atom. The van der Waals surface area contributed by atoms with Crippen LogP contribution in [0, 0.1) is 11.8 Å². The molecule has 0 radical (unpaired) electrons. The van der Waals surface area contributed by atoms with Gasteiger partial charge in [0.05, 0.1) is 14.2 Å². The normalized spacial score (nSPS) is 28.2. The fraction of sp³-hybridized carbons (Fsp3) is 0.333. The smallest absolute Gasteiger partial charge is 0.112 e. The molecule has 0 aromatic rings. The predicted octanol–water partition coefficient (Wildman–Crippen LogP) is 4.24. The Balaban J connectivity index is 3.40. The molecule has 0 saturated heterocycles. The van der Waals surface area contributed by atoms with Crippen molar-refractivity contribution in [3.63, 3.8) is 0 Å². The zero-order valence-electron chi connectivity index (χ0n) is 14.0. The quantitative estimate of drug-likeness (QED) is 0.262. The van der Waals surface area contributed by atoms with Gasteiger partial charge >= 0.3 is 0 Å². The average molecular weight is 369 g/mol. The van der Waals surface area contributed by atoms with E-state index in [-0.39, 0.29) is 24.0 Å². The maximum Gasteiger partial charge on any atom is 0.112 e. The zero-order valence-corrected chi connectivity index (χ0v) is 15.8. The highest BCUT2D eigenvalue weighted by molar-refractivity contribution is 7.85. The molecule has 6 heteroatoms. The lowest BCUT2D eigenvalue weighted by molar-refractivity contribution is -0.404. The van der Waals surface area contributed by atoms with Crippen LogP contribution in [0.15, 0.2) is 71.6 Å². The molecule has 24 heavy (non-hydrogen) atoms. The van der Waals surface area contributed by atoms with Crippen LogP contribution in [0.3, 0.4) is 0 Å². The molecule has 0 atom stereocenters. The Kier molecular flexibility index (Phi) is 8.83. The van der Waals surface area contributed by atoms with E-state index in [0.29, 0.717) is 9.81 Å². The van der Waals surface area contributed by atoms with Crippen LogP contribution in [-0.2, 0) is 19.6 Å². The van der Waals surface area contributed by atoms with E-state index in [0.717, 1.165) is 11.1 Å². The van der Waals surface area contributed by atoms with E-state index in [2.05, 4.69) is 51.6 Å². The zero-order chi connectivity index (χ0) is 18.3. The summed E-state index contributed by atoms with van der Waals surface area (Å²) in [6, 6.07) is 0. The highest BCUT2D eigenvalue weighted by Gasteiger charge is 2.56. The third kappa shape index (κ3) is 4.14. The Morgan fingerprint density at radius 1 is 0.708 bits per heavy atom. The lowest BCUT2D eigenvalue weighted by atomic mass is 9.62. The molecule has 0 aromatic carbocycles. The molecule has 0 heterocycles. The summed E-state index contributed by atoms with van der Waals surface area (Å²) in [6.07, 6.45) is 5.96. The minimum Gasteiger partial charge on any atom is -0.240 e. The summed E-state index contributed by atoms with van der Waals surface area (Å²) in [7, 11) is 2.91. The van der Waals surface area contributed by atoms with Crippen LogP contribution >= 0.6 is 25.3 Å². The van der Waals surface area contributed by atoms with Crippen molar-refractivity contribution in [3.05, 3.63) is 71.6 Å². The monoisotopic (exact) mass is 368 g/mol. The van der Waals surface area contributed by atoms with Crippen molar-refractivity contribution in [3.8, 4) is 0 Å². The van der Waals surface area contributed by atoms with Crippen LogP contribution < -0.4 is 0 Å². The number of thiol groups is 2. The van der Waals surface area contributed by atoms with Gasteiger partial charge in [0.25, 0.3) is 0 Å². The summed E-state index contributed by atoms with van der Waals surface area (Å²) in [5.74, 6) is -0.419.